The minimum atomic E-state index is -0.687. The predicted molar refractivity (Wildman–Crippen MR) is 75.9 cm³/mol. The number of hydrogen-bond donors (Lipinski definition) is 3. The van der Waals surface area contributed by atoms with Gasteiger partial charge in [0.1, 0.15) is 5.82 Å². The Kier molecular flexibility index (Phi) is 2.86. The zero-order chi connectivity index (χ0) is 15.1. The van der Waals surface area contributed by atoms with Crippen LogP contribution in [0, 0.1) is 5.82 Å². The normalized spacial score (nSPS) is 12.9. The highest BCUT2D eigenvalue weighted by atomic mass is 19.1. The van der Waals surface area contributed by atoms with Crippen LogP contribution in [-0.2, 0) is 6.54 Å². The standard InChI is InChI=1S/C15H12FN3O2/c16-12-5-7(17)1-2-9(12)8-3-4-10(14(18)20)13-11(8)6-19-15(13)21/h1-5H,6,17H2,(H2,18,20)(H,19,21). The monoisotopic (exact) mass is 285 g/mol. The summed E-state index contributed by atoms with van der Waals surface area (Å²) in [5.74, 6) is -1.55. The van der Waals surface area contributed by atoms with Gasteiger partial charge < -0.3 is 16.8 Å². The van der Waals surface area contributed by atoms with Crippen molar-refractivity contribution in [2.45, 2.75) is 6.54 Å². The van der Waals surface area contributed by atoms with Gasteiger partial charge in [0.25, 0.3) is 5.91 Å². The Morgan fingerprint density at radius 2 is 1.90 bits per heavy atom. The molecule has 3 rings (SSSR count). The Hall–Kier alpha value is -2.89. The molecule has 0 radical (unpaired) electrons. The molecule has 0 saturated carbocycles. The minimum absolute atomic E-state index is 0.139. The van der Waals surface area contributed by atoms with Crippen LogP contribution in [0.4, 0.5) is 10.1 Å². The van der Waals surface area contributed by atoms with Crippen LogP contribution in [0.1, 0.15) is 26.3 Å². The molecule has 2 aromatic rings. The van der Waals surface area contributed by atoms with E-state index in [9.17, 15) is 14.0 Å². The topological polar surface area (TPSA) is 98.2 Å². The largest absolute Gasteiger partial charge is 0.399 e. The minimum Gasteiger partial charge on any atom is -0.399 e. The SMILES string of the molecule is NC(=O)c1ccc(-c2ccc(N)cc2F)c2c1C(=O)NC2. The first kappa shape index (κ1) is 13.1. The van der Waals surface area contributed by atoms with Crippen LogP contribution < -0.4 is 16.8 Å². The van der Waals surface area contributed by atoms with Crippen molar-refractivity contribution in [2.24, 2.45) is 5.73 Å². The maximum Gasteiger partial charge on any atom is 0.252 e. The highest BCUT2D eigenvalue weighted by molar-refractivity contribution is 6.10. The van der Waals surface area contributed by atoms with Gasteiger partial charge in [0, 0.05) is 17.8 Å². The third kappa shape index (κ3) is 2.01. The molecule has 0 bridgehead atoms. The number of anilines is 1. The molecule has 2 aromatic carbocycles. The number of nitrogens with two attached hydrogens (primary N) is 2. The van der Waals surface area contributed by atoms with Gasteiger partial charge in [-0.15, -0.1) is 0 Å². The van der Waals surface area contributed by atoms with Crippen LogP contribution in [0.25, 0.3) is 11.1 Å². The fraction of sp³-hybridized carbons (Fsp3) is 0.0667. The van der Waals surface area contributed by atoms with Crippen molar-refractivity contribution < 1.29 is 14.0 Å². The highest BCUT2D eigenvalue weighted by Gasteiger charge is 2.28. The molecule has 0 saturated heterocycles. The van der Waals surface area contributed by atoms with E-state index in [0.717, 1.165) is 0 Å². The Morgan fingerprint density at radius 3 is 2.57 bits per heavy atom. The van der Waals surface area contributed by atoms with Gasteiger partial charge in [-0.25, -0.2) is 4.39 Å². The van der Waals surface area contributed by atoms with Gasteiger partial charge in [0.05, 0.1) is 11.1 Å². The first-order chi connectivity index (χ1) is 9.99. The lowest BCUT2D eigenvalue weighted by molar-refractivity contribution is 0.0947. The van der Waals surface area contributed by atoms with Gasteiger partial charge in [0.15, 0.2) is 0 Å². The number of rotatable bonds is 2. The van der Waals surface area contributed by atoms with E-state index in [1.54, 1.807) is 18.2 Å². The van der Waals surface area contributed by atoms with Crippen molar-refractivity contribution in [3.63, 3.8) is 0 Å². The molecule has 1 aliphatic heterocycles. The van der Waals surface area contributed by atoms with Crippen LogP contribution in [0.15, 0.2) is 30.3 Å². The predicted octanol–water partition coefficient (Wildman–Crippen LogP) is 1.42. The smallest absolute Gasteiger partial charge is 0.252 e. The number of nitrogens with one attached hydrogen (secondary N) is 1. The number of primary amides is 1. The maximum atomic E-state index is 14.1. The Balaban J connectivity index is 2.26. The summed E-state index contributed by atoms with van der Waals surface area (Å²) >= 11 is 0. The molecule has 0 spiro atoms. The van der Waals surface area contributed by atoms with E-state index in [1.807, 2.05) is 0 Å². The second kappa shape index (κ2) is 4.59. The summed E-state index contributed by atoms with van der Waals surface area (Å²) in [6.45, 7) is 0.231. The van der Waals surface area contributed by atoms with E-state index in [-0.39, 0.29) is 23.6 Å². The lowest BCUT2D eigenvalue weighted by atomic mass is 9.93. The quantitative estimate of drug-likeness (QED) is 0.728. The molecule has 0 atom stereocenters. The summed E-state index contributed by atoms with van der Waals surface area (Å²) in [4.78, 5) is 23.3. The average molecular weight is 285 g/mol. The number of nitrogen functional groups attached to an aromatic ring is 1. The first-order valence-corrected chi connectivity index (χ1v) is 6.28. The first-order valence-electron chi connectivity index (χ1n) is 6.28. The molecular weight excluding hydrogens is 273 g/mol. The molecule has 0 fully saturated rings. The second-order valence-electron chi connectivity index (χ2n) is 4.80. The summed E-state index contributed by atoms with van der Waals surface area (Å²) in [5.41, 5.74) is 12.9. The Labute approximate surface area is 119 Å². The number of carbonyl (C=O) groups excluding carboxylic acids is 2. The van der Waals surface area contributed by atoms with Crippen LogP contribution in [0.5, 0.6) is 0 Å². The maximum absolute atomic E-state index is 14.1. The number of halogens is 1. The van der Waals surface area contributed by atoms with Gasteiger partial charge in [-0.2, -0.15) is 0 Å². The van der Waals surface area contributed by atoms with Crippen molar-refractivity contribution in [3.05, 3.63) is 52.8 Å². The molecule has 0 aromatic heterocycles. The van der Waals surface area contributed by atoms with Gasteiger partial charge in [-0.3, -0.25) is 9.59 Å². The fourth-order valence-electron chi connectivity index (χ4n) is 2.56. The van der Waals surface area contributed by atoms with Crippen LogP contribution >= 0.6 is 0 Å². The fourth-order valence-corrected chi connectivity index (χ4v) is 2.56. The van der Waals surface area contributed by atoms with Crippen molar-refractivity contribution in [1.82, 2.24) is 5.32 Å². The summed E-state index contributed by atoms with van der Waals surface area (Å²) in [6, 6.07) is 7.38. The van der Waals surface area contributed by atoms with Gasteiger partial charge in [0.2, 0.25) is 5.91 Å². The molecular formula is C15H12FN3O2. The van der Waals surface area contributed by atoms with Crippen LogP contribution in [-0.4, -0.2) is 11.8 Å². The Bertz CT molecular complexity index is 787. The summed E-state index contributed by atoms with van der Waals surface area (Å²) < 4.78 is 14.1. The van der Waals surface area contributed by atoms with Gasteiger partial charge in [-0.05, 0) is 35.4 Å². The van der Waals surface area contributed by atoms with Crippen molar-refractivity contribution in [2.75, 3.05) is 5.73 Å². The van der Waals surface area contributed by atoms with Crippen LogP contribution in [0.3, 0.4) is 0 Å². The molecule has 1 heterocycles. The molecule has 6 heteroatoms. The summed E-state index contributed by atoms with van der Waals surface area (Å²) in [7, 11) is 0. The molecule has 21 heavy (non-hydrogen) atoms. The molecule has 5 nitrogen and oxygen atoms in total. The van der Waals surface area contributed by atoms with E-state index >= 15 is 0 Å². The molecule has 0 unspecified atom stereocenters. The van der Waals surface area contributed by atoms with Gasteiger partial charge >= 0.3 is 0 Å². The number of fused-ring (bicyclic) bond motifs is 1. The van der Waals surface area contributed by atoms with Crippen molar-refractivity contribution in [1.29, 1.82) is 0 Å². The molecule has 5 N–H and O–H groups in total. The number of amides is 2. The van der Waals surface area contributed by atoms with Gasteiger partial charge in [-0.1, -0.05) is 6.07 Å². The molecule has 106 valence electrons. The molecule has 2 amide bonds. The lowest BCUT2D eigenvalue weighted by Gasteiger charge is -2.11. The zero-order valence-corrected chi connectivity index (χ0v) is 10.9. The lowest BCUT2D eigenvalue weighted by Crippen LogP contribution is -2.19. The number of carbonyl (C=O) groups is 2. The third-order valence-electron chi connectivity index (χ3n) is 3.51. The van der Waals surface area contributed by atoms with E-state index < -0.39 is 11.7 Å². The number of hydrogen-bond acceptors (Lipinski definition) is 3. The van der Waals surface area contributed by atoms with E-state index in [1.165, 1.54) is 12.1 Å². The van der Waals surface area contributed by atoms with Crippen molar-refractivity contribution in [3.8, 4) is 11.1 Å². The molecule has 1 aliphatic rings. The average Bonchev–Trinajstić information content (AvgIpc) is 2.81. The summed E-state index contributed by atoms with van der Waals surface area (Å²) in [5, 5.41) is 2.63. The second-order valence-corrected chi connectivity index (χ2v) is 4.80. The van der Waals surface area contributed by atoms with E-state index in [0.29, 0.717) is 22.4 Å². The molecule has 0 aliphatic carbocycles. The van der Waals surface area contributed by atoms with E-state index in [4.69, 9.17) is 11.5 Å². The zero-order valence-electron chi connectivity index (χ0n) is 10.9. The van der Waals surface area contributed by atoms with Crippen molar-refractivity contribution >= 4 is 17.5 Å². The highest BCUT2D eigenvalue weighted by Crippen LogP contribution is 2.33. The van der Waals surface area contributed by atoms with E-state index in [2.05, 4.69) is 5.32 Å². The van der Waals surface area contributed by atoms with Crippen LogP contribution in [0.2, 0.25) is 0 Å². The number of benzene rings is 2. The Morgan fingerprint density at radius 1 is 1.19 bits per heavy atom. The summed E-state index contributed by atoms with van der Waals surface area (Å²) in [6.07, 6.45) is 0. The third-order valence-corrected chi connectivity index (χ3v) is 3.51.